The van der Waals surface area contributed by atoms with Gasteiger partial charge in [0, 0.05) is 37.7 Å². The number of aromatic nitrogens is 1. The molecule has 4 N–H and O–H groups in total. The van der Waals surface area contributed by atoms with Gasteiger partial charge in [-0.1, -0.05) is 73.6 Å². The van der Waals surface area contributed by atoms with Gasteiger partial charge in [-0.15, -0.1) is 0 Å². The summed E-state index contributed by atoms with van der Waals surface area (Å²) in [7, 11) is 4.95. The van der Waals surface area contributed by atoms with Crippen molar-refractivity contribution in [2.24, 2.45) is 23.7 Å². The predicted molar refractivity (Wildman–Crippen MR) is 172 cm³/mol. The topological polar surface area (TPSA) is 127 Å². The molecule has 1 aromatic heterocycles. The molecule has 0 saturated heterocycles. The molecular weight excluding hydrogens is 544 g/mol. The van der Waals surface area contributed by atoms with Crippen LogP contribution in [0, 0.1) is 23.7 Å². The lowest BCUT2D eigenvalue weighted by Crippen LogP contribution is -2.61. The Labute approximate surface area is 257 Å². The van der Waals surface area contributed by atoms with Crippen molar-refractivity contribution in [3.8, 4) is 0 Å². The van der Waals surface area contributed by atoms with Crippen molar-refractivity contribution in [1.82, 2.24) is 30.7 Å². The summed E-state index contributed by atoms with van der Waals surface area (Å²) in [6.45, 7) is 15.6. The lowest BCUT2D eigenvalue weighted by Gasteiger charge is -2.39. The molecule has 10 nitrogen and oxygen atoms in total. The van der Waals surface area contributed by atoms with E-state index in [1.165, 1.54) is 9.80 Å². The van der Waals surface area contributed by atoms with E-state index < -0.39 is 24.2 Å². The number of benzene rings is 1. The van der Waals surface area contributed by atoms with Crippen molar-refractivity contribution in [2.45, 2.75) is 86.0 Å². The fraction of sp³-hybridized carbons (Fsp3) is 0.636. The summed E-state index contributed by atoms with van der Waals surface area (Å²) >= 11 is 0. The van der Waals surface area contributed by atoms with Crippen LogP contribution in [0.2, 0.25) is 0 Å². The first-order valence-corrected chi connectivity index (χ1v) is 15.5. The van der Waals surface area contributed by atoms with E-state index in [-0.39, 0.29) is 47.3 Å². The van der Waals surface area contributed by atoms with Gasteiger partial charge in [0.05, 0.1) is 6.04 Å². The quantitative estimate of drug-likeness (QED) is 0.251. The van der Waals surface area contributed by atoms with Gasteiger partial charge >= 0.3 is 0 Å². The van der Waals surface area contributed by atoms with Gasteiger partial charge in [0.2, 0.25) is 23.6 Å². The summed E-state index contributed by atoms with van der Waals surface area (Å²) in [5.74, 6) is -1.71. The number of hydrogen-bond acceptors (Lipinski definition) is 5. The van der Waals surface area contributed by atoms with Crippen LogP contribution in [0.3, 0.4) is 0 Å². The molecule has 0 aliphatic heterocycles. The maximum atomic E-state index is 14.0. The third-order valence-electron chi connectivity index (χ3n) is 8.17. The van der Waals surface area contributed by atoms with Gasteiger partial charge in [0.15, 0.2) is 0 Å². The minimum Gasteiger partial charge on any atom is -0.361 e. The molecule has 4 unspecified atom stereocenters. The molecular formula is C33H54N6O4. The highest BCUT2D eigenvalue weighted by atomic mass is 16.2. The summed E-state index contributed by atoms with van der Waals surface area (Å²) < 4.78 is 0. The van der Waals surface area contributed by atoms with Crippen LogP contribution in [0.15, 0.2) is 30.5 Å². The lowest BCUT2D eigenvalue weighted by molar-refractivity contribution is -0.151. The van der Waals surface area contributed by atoms with Gasteiger partial charge < -0.3 is 30.7 Å². The summed E-state index contributed by atoms with van der Waals surface area (Å²) in [6, 6.07) is 5.24. The van der Waals surface area contributed by atoms with E-state index in [2.05, 4.69) is 27.0 Å². The zero-order chi connectivity index (χ0) is 32.6. The highest BCUT2D eigenvalue weighted by Gasteiger charge is 2.40. The van der Waals surface area contributed by atoms with Crippen molar-refractivity contribution in [1.29, 1.82) is 0 Å². The van der Waals surface area contributed by atoms with Gasteiger partial charge in [0.25, 0.3) is 0 Å². The smallest absolute Gasteiger partial charge is 0.246 e. The van der Waals surface area contributed by atoms with E-state index in [9.17, 15) is 19.2 Å². The van der Waals surface area contributed by atoms with E-state index in [0.717, 1.165) is 16.5 Å². The average Bonchev–Trinajstić information content (AvgIpc) is 3.34. The molecule has 1 aromatic carbocycles. The molecule has 0 spiro atoms. The highest BCUT2D eigenvalue weighted by Crippen LogP contribution is 2.21. The van der Waals surface area contributed by atoms with E-state index in [1.54, 1.807) is 21.1 Å². The molecule has 4 atom stereocenters. The molecule has 4 amide bonds. The maximum absolute atomic E-state index is 14.0. The SMILES string of the molecule is CNC(C(=O)NC(C(=O)N(C)C(C(=O)N(C)C(C(=O)NCCc1c[nH]c2ccccc12)C(C)C)C(C)C)C(C)C)C(C)C. The molecule has 10 heteroatoms. The molecule has 0 bridgehead atoms. The van der Waals surface area contributed by atoms with Crippen molar-refractivity contribution < 1.29 is 19.2 Å². The number of aromatic amines is 1. The monoisotopic (exact) mass is 598 g/mol. The Morgan fingerprint density at radius 1 is 0.744 bits per heavy atom. The number of rotatable bonds is 15. The Morgan fingerprint density at radius 2 is 1.30 bits per heavy atom. The van der Waals surface area contributed by atoms with Crippen molar-refractivity contribution in [3.63, 3.8) is 0 Å². The van der Waals surface area contributed by atoms with Gasteiger partial charge in [-0.3, -0.25) is 19.2 Å². The number of amides is 4. The maximum Gasteiger partial charge on any atom is 0.246 e. The van der Waals surface area contributed by atoms with Crippen LogP contribution in [0.5, 0.6) is 0 Å². The second-order valence-corrected chi connectivity index (χ2v) is 12.9. The van der Waals surface area contributed by atoms with Crippen molar-refractivity contribution >= 4 is 34.5 Å². The molecule has 0 saturated carbocycles. The minimum absolute atomic E-state index is 0.0331. The molecule has 1 heterocycles. The van der Waals surface area contributed by atoms with Crippen LogP contribution in [0.25, 0.3) is 10.9 Å². The first-order chi connectivity index (χ1) is 20.1. The minimum atomic E-state index is -0.818. The van der Waals surface area contributed by atoms with Gasteiger partial charge in [-0.05, 0) is 48.8 Å². The number of hydrogen-bond donors (Lipinski definition) is 4. The first-order valence-electron chi connectivity index (χ1n) is 15.5. The third-order valence-corrected chi connectivity index (χ3v) is 8.17. The zero-order valence-corrected chi connectivity index (χ0v) is 27.9. The van der Waals surface area contributed by atoms with Gasteiger partial charge in [-0.2, -0.15) is 0 Å². The largest absolute Gasteiger partial charge is 0.361 e. The molecule has 2 rings (SSSR count). The Balaban J connectivity index is 2.18. The molecule has 0 radical (unpaired) electrons. The number of fused-ring (bicyclic) bond motifs is 1. The van der Waals surface area contributed by atoms with Crippen LogP contribution < -0.4 is 16.0 Å². The Bertz CT molecular complexity index is 1240. The molecule has 0 fully saturated rings. The molecule has 240 valence electrons. The molecule has 0 aliphatic rings. The molecule has 0 aliphatic carbocycles. The third kappa shape index (κ3) is 8.81. The Morgan fingerprint density at radius 3 is 1.84 bits per heavy atom. The van der Waals surface area contributed by atoms with Crippen molar-refractivity contribution in [3.05, 3.63) is 36.0 Å². The zero-order valence-electron chi connectivity index (χ0n) is 27.9. The number of nitrogens with one attached hydrogen (secondary N) is 4. The lowest BCUT2D eigenvalue weighted by atomic mass is 9.95. The van der Waals surface area contributed by atoms with Crippen LogP contribution >= 0.6 is 0 Å². The van der Waals surface area contributed by atoms with E-state index in [1.807, 2.05) is 79.8 Å². The van der Waals surface area contributed by atoms with E-state index >= 15 is 0 Å². The Kier molecular flexibility index (Phi) is 13.2. The van der Waals surface area contributed by atoms with Crippen molar-refractivity contribution in [2.75, 3.05) is 27.7 Å². The first kappa shape index (κ1) is 35.8. The van der Waals surface area contributed by atoms with Gasteiger partial charge in [0.1, 0.15) is 18.1 Å². The fourth-order valence-corrected chi connectivity index (χ4v) is 5.81. The predicted octanol–water partition coefficient (Wildman–Crippen LogP) is 3.18. The van der Waals surface area contributed by atoms with E-state index in [0.29, 0.717) is 13.0 Å². The van der Waals surface area contributed by atoms with Crippen LogP contribution in [-0.4, -0.2) is 90.3 Å². The summed E-state index contributed by atoms with van der Waals surface area (Å²) in [6.07, 6.45) is 2.61. The van der Waals surface area contributed by atoms with Crippen LogP contribution in [-0.2, 0) is 25.6 Å². The van der Waals surface area contributed by atoms with Crippen LogP contribution in [0.1, 0.15) is 61.0 Å². The number of carbonyl (C=O) groups is 4. The number of nitrogens with zero attached hydrogens (tertiary/aromatic N) is 2. The molecule has 2 aromatic rings. The van der Waals surface area contributed by atoms with E-state index in [4.69, 9.17) is 0 Å². The molecule has 43 heavy (non-hydrogen) atoms. The van der Waals surface area contributed by atoms with Gasteiger partial charge in [-0.25, -0.2) is 0 Å². The number of para-hydroxylation sites is 1. The average molecular weight is 599 g/mol. The summed E-state index contributed by atoms with van der Waals surface area (Å²) in [5, 5.41) is 10.1. The summed E-state index contributed by atoms with van der Waals surface area (Å²) in [5.41, 5.74) is 2.16. The number of carbonyl (C=O) groups excluding carboxylic acids is 4. The second kappa shape index (κ2) is 15.9. The Hall–Kier alpha value is -3.40. The number of likely N-dealkylation sites (N-methyl/N-ethyl adjacent to an activating group) is 3. The second-order valence-electron chi connectivity index (χ2n) is 12.9. The fourth-order valence-electron chi connectivity index (χ4n) is 5.81. The van der Waals surface area contributed by atoms with Crippen LogP contribution in [0.4, 0.5) is 0 Å². The number of H-pyrrole nitrogens is 1. The summed E-state index contributed by atoms with van der Waals surface area (Å²) in [4.78, 5) is 60.4. The normalized spacial score (nSPS) is 14.6. The highest BCUT2D eigenvalue weighted by molar-refractivity contribution is 5.95. The standard InChI is InChI=1S/C33H54N6O4/c1-19(2)26(34-9)30(40)37-27(20(3)4)32(42)39(11)29(22(7)8)33(43)38(10)28(21(5)6)31(41)35-17-16-23-18-36-25-15-13-12-14-24(23)25/h12-15,18-22,26-29,34,36H,16-17H2,1-11H3,(H,35,41)(H,37,40).